The number of nitrogens with one attached hydrogen (secondary N) is 2. The third kappa shape index (κ3) is 2.65. The number of aromatic amines is 2. The van der Waals surface area contributed by atoms with Gasteiger partial charge in [-0.05, 0) is 34.7 Å². The van der Waals surface area contributed by atoms with Crippen molar-refractivity contribution < 1.29 is 0 Å². The Labute approximate surface area is 158 Å². The molecule has 2 N–H and O–H groups in total. The van der Waals surface area contributed by atoms with E-state index in [0.717, 1.165) is 0 Å². The van der Waals surface area contributed by atoms with Crippen molar-refractivity contribution in [2.45, 2.75) is 18.8 Å². The standard InChI is InChI=1S/C25H22N2/c1-17(18-9-3-2-4-10-18)25(21-15-26-23-13-7-5-11-19(21)23)22-16-27-24-14-8-6-12-20(22)24/h2-17,25-27H,1H3. The molecule has 0 saturated carbocycles. The summed E-state index contributed by atoms with van der Waals surface area (Å²) in [4.78, 5) is 6.95. The minimum absolute atomic E-state index is 0.264. The Kier molecular flexibility index (Phi) is 3.83. The number of hydrogen-bond acceptors (Lipinski definition) is 0. The van der Waals surface area contributed by atoms with Crippen LogP contribution in [0, 0.1) is 0 Å². The second kappa shape index (κ2) is 6.48. The van der Waals surface area contributed by atoms with Crippen molar-refractivity contribution >= 4 is 21.8 Å². The van der Waals surface area contributed by atoms with Crippen LogP contribution in [0.4, 0.5) is 0 Å². The number of rotatable bonds is 4. The summed E-state index contributed by atoms with van der Waals surface area (Å²) < 4.78 is 0. The second-order valence-electron chi connectivity index (χ2n) is 7.26. The molecule has 0 aliphatic carbocycles. The predicted octanol–water partition coefficient (Wildman–Crippen LogP) is 6.58. The van der Waals surface area contributed by atoms with Crippen LogP contribution in [0.3, 0.4) is 0 Å². The van der Waals surface area contributed by atoms with E-state index in [2.05, 4.69) is 108 Å². The van der Waals surface area contributed by atoms with Gasteiger partial charge >= 0.3 is 0 Å². The fourth-order valence-electron chi connectivity index (χ4n) is 4.36. The van der Waals surface area contributed by atoms with E-state index in [4.69, 9.17) is 0 Å². The Balaban J connectivity index is 1.75. The summed E-state index contributed by atoms with van der Waals surface area (Å²) in [7, 11) is 0. The summed E-state index contributed by atoms with van der Waals surface area (Å²) in [5, 5.41) is 2.60. The summed E-state index contributed by atoms with van der Waals surface area (Å²) >= 11 is 0. The zero-order valence-corrected chi connectivity index (χ0v) is 15.3. The number of fused-ring (bicyclic) bond motifs is 2. The van der Waals surface area contributed by atoms with Crippen molar-refractivity contribution in [3.63, 3.8) is 0 Å². The lowest BCUT2D eigenvalue weighted by Crippen LogP contribution is -2.09. The second-order valence-corrected chi connectivity index (χ2v) is 7.26. The summed E-state index contributed by atoms with van der Waals surface area (Å²) in [5.41, 5.74) is 6.45. The van der Waals surface area contributed by atoms with Gasteiger partial charge in [0.1, 0.15) is 0 Å². The normalized spacial score (nSPS) is 12.8. The fourth-order valence-corrected chi connectivity index (χ4v) is 4.36. The van der Waals surface area contributed by atoms with Gasteiger partial charge in [-0.25, -0.2) is 0 Å². The van der Waals surface area contributed by atoms with Crippen LogP contribution in [-0.4, -0.2) is 9.97 Å². The molecule has 0 bridgehead atoms. The maximum atomic E-state index is 3.47. The lowest BCUT2D eigenvalue weighted by atomic mass is 9.78. The van der Waals surface area contributed by atoms with Crippen LogP contribution >= 0.6 is 0 Å². The SMILES string of the molecule is CC(c1ccccc1)C(c1c[nH]c2ccccc12)c1c[nH]c2ccccc12. The third-order valence-corrected chi connectivity index (χ3v) is 5.74. The molecule has 5 aromatic rings. The van der Waals surface area contributed by atoms with Gasteiger partial charge in [0.2, 0.25) is 0 Å². The van der Waals surface area contributed by atoms with Crippen molar-refractivity contribution in [1.29, 1.82) is 0 Å². The van der Waals surface area contributed by atoms with Gasteiger partial charge in [-0.3, -0.25) is 0 Å². The zero-order chi connectivity index (χ0) is 18.2. The summed E-state index contributed by atoms with van der Waals surface area (Å²) in [6.07, 6.45) is 4.38. The molecule has 0 saturated heterocycles. The highest BCUT2D eigenvalue weighted by atomic mass is 14.7. The van der Waals surface area contributed by atoms with Crippen molar-refractivity contribution in [3.05, 3.63) is 108 Å². The quantitative estimate of drug-likeness (QED) is 0.367. The van der Waals surface area contributed by atoms with E-state index in [9.17, 15) is 0 Å². The monoisotopic (exact) mass is 350 g/mol. The highest BCUT2D eigenvalue weighted by Gasteiger charge is 2.27. The lowest BCUT2D eigenvalue weighted by molar-refractivity contribution is 0.665. The Bertz CT molecular complexity index is 1120. The number of benzene rings is 3. The molecule has 0 aliphatic rings. The van der Waals surface area contributed by atoms with E-state index < -0.39 is 0 Å². The first-order valence-corrected chi connectivity index (χ1v) is 9.50. The van der Waals surface area contributed by atoms with Crippen molar-refractivity contribution in [2.75, 3.05) is 0 Å². The first kappa shape index (κ1) is 16.0. The summed E-state index contributed by atoms with van der Waals surface area (Å²) in [5.74, 6) is 0.615. The Hall–Kier alpha value is -3.26. The van der Waals surface area contributed by atoms with E-state index in [1.54, 1.807) is 0 Å². The van der Waals surface area contributed by atoms with Crippen LogP contribution in [0.2, 0.25) is 0 Å². The maximum absolute atomic E-state index is 3.47. The fraction of sp³-hybridized carbons (Fsp3) is 0.120. The predicted molar refractivity (Wildman–Crippen MR) is 113 cm³/mol. The smallest absolute Gasteiger partial charge is 0.0457 e. The lowest BCUT2D eigenvalue weighted by Gasteiger charge is -2.24. The minimum atomic E-state index is 0.264. The van der Waals surface area contributed by atoms with Crippen molar-refractivity contribution in [1.82, 2.24) is 9.97 Å². The summed E-state index contributed by atoms with van der Waals surface area (Å²) in [6.45, 7) is 2.34. The molecule has 0 aliphatic heterocycles. The number of aromatic nitrogens is 2. The molecule has 1 unspecified atom stereocenters. The molecule has 3 aromatic carbocycles. The highest BCUT2D eigenvalue weighted by Crippen LogP contribution is 2.43. The minimum Gasteiger partial charge on any atom is -0.361 e. The van der Waals surface area contributed by atoms with Crippen molar-refractivity contribution in [2.24, 2.45) is 0 Å². The van der Waals surface area contributed by atoms with Gasteiger partial charge in [0.25, 0.3) is 0 Å². The molecule has 2 heterocycles. The van der Waals surface area contributed by atoms with Crippen LogP contribution < -0.4 is 0 Å². The molecule has 0 amide bonds. The molecule has 2 heteroatoms. The molecule has 5 rings (SSSR count). The average Bonchev–Trinajstić information content (AvgIpc) is 3.34. The van der Waals surface area contributed by atoms with Gasteiger partial charge in [-0.15, -0.1) is 0 Å². The van der Waals surface area contributed by atoms with Gasteiger partial charge in [-0.1, -0.05) is 73.7 Å². The summed E-state index contributed by atoms with van der Waals surface area (Å²) in [6, 6.07) is 28.0. The third-order valence-electron chi connectivity index (χ3n) is 5.74. The maximum Gasteiger partial charge on any atom is 0.0457 e. The Morgan fingerprint density at radius 2 is 1.07 bits per heavy atom. The molecule has 132 valence electrons. The Morgan fingerprint density at radius 1 is 0.593 bits per heavy atom. The van der Waals surface area contributed by atoms with Crippen LogP contribution in [0.25, 0.3) is 21.8 Å². The van der Waals surface area contributed by atoms with E-state index in [-0.39, 0.29) is 5.92 Å². The molecule has 0 spiro atoms. The number of para-hydroxylation sites is 2. The molecule has 0 radical (unpaired) electrons. The van der Waals surface area contributed by atoms with Crippen LogP contribution in [-0.2, 0) is 0 Å². The molecule has 27 heavy (non-hydrogen) atoms. The number of hydrogen-bond donors (Lipinski definition) is 2. The van der Waals surface area contributed by atoms with Crippen molar-refractivity contribution in [3.8, 4) is 0 Å². The molecule has 2 aromatic heterocycles. The van der Waals surface area contributed by atoms with E-state index in [1.807, 2.05) is 0 Å². The Morgan fingerprint density at radius 3 is 1.63 bits per heavy atom. The molecule has 0 fully saturated rings. The van der Waals surface area contributed by atoms with E-state index in [0.29, 0.717) is 5.92 Å². The molecular weight excluding hydrogens is 328 g/mol. The highest BCUT2D eigenvalue weighted by molar-refractivity contribution is 5.88. The van der Waals surface area contributed by atoms with E-state index in [1.165, 1.54) is 38.5 Å². The molecule has 2 nitrogen and oxygen atoms in total. The largest absolute Gasteiger partial charge is 0.361 e. The van der Waals surface area contributed by atoms with Gasteiger partial charge in [0.15, 0.2) is 0 Å². The van der Waals surface area contributed by atoms with Crippen LogP contribution in [0.5, 0.6) is 0 Å². The molecular formula is C25H22N2. The van der Waals surface area contributed by atoms with Gasteiger partial charge in [0.05, 0.1) is 0 Å². The zero-order valence-electron chi connectivity index (χ0n) is 15.3. The number of H-pyrrole nitrogens is 2. The molecule has 1 atom stereocenters. The average molecular weight is 350 g/mol. The first-order chi connectivity index (χ1) is 13.3. The van der Waals surface area contributed by atoms with Gasteiger partial charge in [-0.2, -0.15) is 0 Å². The van der Waals surface area contributed by atoms with Crippen LogP contribution in [0.15, 0.2) is 91.3 Å². The first-order valence-electron chi connectivity index (χ1n) is 9.50. The van der Waals surface area contributed by atoms with Gasteiger partial charge in [0, 0.05) is 40.1 Å². The van der Waals surface area contributed by atoms with Gasteiger partial charge < -0.3 is 9.97 Å². The van der Waals surface area contributed by atoms with E-state index >= 15 is 0 Å². The topological polar surface area (TPSA) is 31.6 Å². The van der Waals surface area contributed by atoms with Crippen LogP contribution in [0.1, 0.15) is 35.4 Å².